The minimum Gasteiger partial charge on any atom is -0.333 e. The van der Waals surface area contributed by atoms with Crippen molar-refractivity contribution in [3.63, 3.8) is 0 Å². The first-order valence-electron chi connectivity index (χ1n) is 22.6. The van der Waals surface area contributed by atoms with Crippen LogP contribution in [0.1, 0.15) is 118 Å². The molecule has 6 aliphatic carbocycles. The molecule has 0 N–H and O–H groups in total. The molecule has 11 rings (SSSR count). The third-order valence-electron chi connectivity index (χ3n) is 14.6. The van der Waals surface area contributed by atoms with Crippen LogP contribution in [-0.4, -0.2) is 10.9 Å². The lowest BCUT2D eigenvalue weighted by Gasteiger charge is -2.37. The van der Waals surface area contributed by atoms with Crippen LogP contribution in [0.25, 0.3) is 22.9 Å². The van der Waals surface area contributed by atoms with Crippen molar-refractivity contribution in [2.45, 2.75) is 107 Å². The Morgan fingerprint density at radius 3 is 2.33 bits per heavy atom. The van der Waals surface area contributed by atoms with Gasteiger partial charge in [-0.25, -0.2) is 0 Å². The van der Waals surface area contributed by atoms with Crippen LogP contribution in [0.15, 0.2) is 162 Å². The molecule has 4 aromatic carbocycles. The van der Waals surface area contributed by atoms with E-state index in [2.05, 4.69) is 162 Å². The number of anilines is 2. The summed E-state index contributed by atoms with van der Waals surface area (Å²) in [5.41, 5.74) is 13.2. The highest BCUT2D eigenvalue weighted by Gasteiger charge is 2.41. The van der Waals surface area contributed by atoms with Crippen molar-refractivity contribution >= 4 is 34.3 Å². The molecule has 0 saturated carbocycles. The Balaban J connectivity index is 0.906. The molecule has 5 unspecified atom stereocenters. The number of fused-ring (bicyclic) bond motifs is 6. The molecular formula is C56H56N2. The van der Waals surface area contributed by atoms with Crippen molar-refractivity contribution in [3.05, 3.63) is 189 Å². The Morgan fingerprint density at radius 1 is 0.586 bits per heavy atom. The van der Waals surface area contributed by atoms with Gasteiger partial charge in [0, 0.05) is 40.3 Å². The molecule has 0 bridgehead atoms. The number of hydrogen-bond acceptors (Lipinski definition) is 2. The van der Waals surface area contributed by atoms with Gasteiger partial charge in [-0.1, -0.05) is 133 Å². The van der Waals surface area contributed by atoms with Gasteiger partial charge in [0.15, 0.2) is 0 Å². The molecule has 2 heteroatoms. The monoisotopic (exact) mass is 756 g/mol. The SMILES string of the molecule is C1=CCC(C2=CC=C(N(C3=CCC(c4ccccc4N4c5ccc6ccccc6c5C5CCC=CC54)C=C3)C3=CCC(c4ccc5c(c4)=CCCC=5)CC3)CC2)CC1. The van der Waals surface area contributed by atoms with Gasteiger partial charge in [-0.05, 0) is 157 Å². The Hall–Kier alpha value is -5.34. The number of para-hydroxylation sites is 1. The van der Waals surface area contributed by atoms with Crippen molar-refractivity contribution in [1.82, 2.24) is 4.90 Å². The van der Waals surface area contributed by atoms with E-state index in [0.717, 1.165) is 32.1 Å². The number of rotatable bonds is 7. The fourth-order valence-corrected chi connectivity index (χ4v) is 11.6. The summed E-state index contributed by atoms with van der Waals surface area (Å²) >= 11 is 0. The Bertz CT molecular complexity index is 2610. The summed E-state index contributed by atoms with van der Waals surface area (Å²) < 4.78 is 0. The largest absolute Gasteiger partial charge is 0.333 e. The van der Waals surface area contributed by atoms with E-state index in [4.69, 9.17) is 0 Å². The molecule has 0 radical (unpaired) electrons. The molecule has 1 heterocycles. The molecular weight excluding hydrogens is 701 g/mol. The molecule has 0 saturated heterocycles. The highest BCUT2D eigenvalue weighted by Crippen LogP contribution is 2.53. The van der Waals surface area contributed by atoms with Gasteiger partial charge >= 0.3 is 0 Å². The molecule has 0 aromatic heterocycles. The number of nitrogens with zero attached hydrogens (tertiary/aromatic N) is 2. The van der Waals surface area contributed by atoms with Crippen molar-refractivity contribution in [1.29, 1.82) is 0 Å². The van der Waals surface area contributed by atoms with Gasteiger partial charge < -0.3 is 9.80 Å². The van der Waals surface area contributed by atoms with Gasteiger partial charge in [-0.2, -0.15) is 0 Å². The van der Waals surface area contributed by atoms with Crippen LogP contribution in [0, 0.1) is 5.92 Å². The van der Waals surface area contributed by atoms with E-state index in [1.165, 1.54) is 112 Å². The molecule has 1 aliphatic heterocycles. The second kappa shape index (κ2) is 15.4. The molecule has 5 atom stereocenters. The maximum Gasteiger partial charge on any atom is 0.0592 e. The number of allylic oxidation sites excluding steroid dienone is 12. The first-order chi connectivity index (χ1) is 28.8. The molecule has 2 nitrogen and oxygen atoms in total. The summed E-state index contributed by atoms with van der Waals surface area (Å²) in [6.45, 7) is 0. The van der Waals surface area contributed by atoms with Crippen LogP contribution >= 0.6 is 0 Å². The van der Waals surface area contributed by atoms with Gasteiger partial charge in [0.1, 0.15) is 0 Å². The van der Waals surface area contributed by atoms with E-state index in [-0.39, 0.29) is 0 Å². The van der Waals surface area contributed by atoms with Crippen LogP contribution in [0.3, 0.4) is 0 Å². The van der Waals surface area contributed by atoms with Gasteiger partial charge in [0.25, 0.3) is 0 Å². The minimum atomic E-state index is 0.325. The topological polar surface area (TPSA) is 6.48 Å². The smallest absolute Gasteiger partial charge is 0.0592 e. The van der Waals surface area contributed by atoms with Gasteiger partial charge in [0.2, 0.25) is 0 Å². The average Bonchev–Trinajstić information content (AvgIpc) is 3.65. The summed E-state index contributed by atoms with van der Waals surface area (Å²) in [7, 11) is 0. The van der Waals surface area contributed by atoms with Crippen LogP contribution in [0.4, 0.5) is 11.4 Å². The number of benzene rings is 4. The van der Waals surface area contributed by atoms with Gasteiger partial charge in [0.05, 0.1) is 6.04 Å². The van der Waals surface area contributed by atoms with Gasteiger partial charge in [-0.3, -0.25) is 0 Å². The third kappa shape index (κ3) is 6.50. The van der Waals surface area contributed by atoms with E-state index < -0.39 is 0 Å². The Labute approximate surface area is 345 Å². The molecule has 0 spiro atoms. The van der Waals surface area contributed by atoms with Crippen molar-refractivity contribution in [2.24, 2.45) is 5.92 Å². The lowest BCUT2D eigenvalue weighted by molar-refractivity contribution is 0.438. The van der Waals surface area contributed by atoms with E-state index in [0.29, 0.717) is 29.7 Å². The van der Waals surface area contributed by atoms with Crippen LogP contribution in [0.5, 0.6) is 0 Å². The summed E-state index contributed by atoms with van der Waals surface area (Å²) in [6, 6.07) is 30.7. The summed E-state index contributed by atoms with van der Waals surface area (Å²) in [5.74, 6) is 2.14. The Morgan fingerprint density at radius 2 is 1.48 bits per heavy atom. The lowest BCUT2D eigenvalue weighted by atomic mass is 9.82. The van der Waals surface area contributed by atoms with Gasteiger partial charge in [-0.15, -0.1) is 0 Å². The zero-order valence-electron chi connectivity index (χ0n) is 33.9. The number of hydrogen-bond donors (Lipinski definition) is 0. The van der Waals surface area contributed by atoms with Crippen molar-refractivity contribution in [3.8, 4) is 0 Å². The second-order valence-corrected chi connectivity index (χ2v) is 17.8. The van der Waals surface area contributed by atoms with Crippen molar-refractivity contribution < 1.29 is 0 Å². The molecule has 7 aliphatic rings. The first kappa shape index (κ1) is 35.8. The van der Waals surface area contributed by atoms with Crippen LogP contribution in [-0.2, 0) is 0 Å². The molecule has 290 valence electrons. The third-order valence-corrected chi connectivity index (χ3v) is 14.6. The van der Waals surface area contributed by atoms with E-state index in [1.807, 2.05) is 0 Å². The van der Waals surface area contributed by atoms with Crippen LogP contribution in [0.2, 0.25) is 0 Å². The quantitative estimate of drug-likeness (QED) is 0.173. The van der Waals surface area contributed by atoms with E-state index in [9.17, 15) is 0 Å². The fraction of sp³-hybridized carbons (Fsp3) is 0.321. The standard InChI is InChI=1S/C56H56N2/c1-2-12-39(13-3-1)41-24-31-47(32-25-41)57(48-33-26-42(27-34-48)46-23-22-40-14-4-5-16-45(40)38-46)49-35-28-44(29-36-49)50-17-8-10-20-53(50)58-54-21-11-9-19-52(54)56-51-18-7-6-15-43(51)30-37-55(56)58/h1-2,6-8,10-11,14-18,20-24,28,30-31,33,35-39,42,44,52,54H,3-5,9,12-13,19,25-27,29,32,34H2. The first-order valence-corrected chi connectivity index (χ1v) is 22.6. The normalized spacial score (nSPS) is 26.0. The fourth-order valence-electron chi connectivity index (χ4n) is 11.6. The average molecular weight is 757 g/mol. The van der Waals surface area contributed by atoms with Crippen molar-refractivity contribution in [2.75, 3.05) is 4.90 Å². The maximum atomic E-state index is 2.69. The molecule has 4 aromatic rings. The van der Waals surface area contributed by atoms with E-state index >= 15 is 0 Å². The zero-order chi connectivity index (χ0) is 38.4. The molecule has 0 fully saturated rings. The van der Waals surface area contributed by atoms with E-state index in [1.54, 1.807) is 11.1 Å². The highest BCUT2D eigenvalue weighted by molar-refractivity contribution is 5.94. The summed E-state index contributed by atoms with van der Waals surface area (Å²) in [4.78, 5) is 5.37. The lowest BCUT2D eigenvalue weighted by Crippen LogP contribution is -2.30. The summed E-state index contributed by atoms with van der Waals surface area (Å²) in [6.07, 6.45) is 44.8. The zero-order valence-corrected chi connectivity index (χ0v) is 33.9. The minimum absolute atomic E-state index is 0.325. The summed E-state index contributed by atoms with van der Waals surface area (Å²) in [5, 5.41) is 5.63. The Kier molecular flexibility index (Phi) is 9.53. The highest BCUT2D eigenvalue weighted by atomic mass is 15.2. The second-order valence-electron chi connectivity index (χ2n) is 17.8. The molecule has 0 amide bonds. The predicted octanol–water partition coefficient (Wildman–Crippen LogP) is 13.2. The maximum absolute atomic E-state index is 2.69. The molecule has 58 heavy (non-hydrogen) atoms. The van der Waals surface area contributed by atoms with Crippen LogP contribution < -0.4 is 15.3 Å². The predicted molar refractivity (Wildman–Crippen MR) is 244 cm³/mol.